The van der Waals surface area contributed by atoms with Gasteiger partial charge in [-0.25, -0.2) is 13.6 Å². The highest BCUT2D eigenvalue weighted by molar-refractivity contribution is 7.88. The summed E-state index contributed by atoms with van der Waals surface area (Å²) in [5.74, 6) is 0.331. The number of carbonyl (C=O) groups is 1. The Bertz CT molecular complexity index is 869. The molecule has 0 unspecified atom stereocenters. The number of sulfonamides is 1. The highest BCUT2D eigenvalue weighted by Crippen LogP contribution is 2.32. The first-order valence-corrected chi connectivity index (χ1v) is 11.1. The van der Waals surface area contributed by atoms with Gasteiger partial charge in [0.1, 0.15) is 0 Å². The fourth-order valence-electron chi connectivity index (χ4n) is 3.61. The van der Waals surface area contributed by atoms with Crippen molar-refractivity contribution >= 4 is 15.9 Å². The van der Waals surface area contributed by atoms with Crippen molar-refractivity contribution < 1.29 is 13.2 Å². The Hall–Kier alpha value is -2.18. The van der Waals surface area contributed by atoms with Crippen molar-refractivity contribution in [2.24, 2.45) is 5.14 Å². The minimum absolute atomic E-state index is 0.112. The van der Waals surface area contributed by atoms with Crippen LogP contribution in [0.15, 0.2) is 48.5 Å². The predicted octanol–water partition coefficient (Wildman–Crippen LogP) is 3.45. The number of nitrogens with two attached hydrogens (primary N) is 1. The Morgan fingerprint density at radius 2 is 1.52 bits per heavy atom. The van der Waals surface area contributed by atoms with Crippen LogP contribution >= 0.6 is 0 Å². The summed E-state index contributed by atoms with van der Waals surface area (Å²) in [5.41, 5.74) is 3.52. The molecule has 0 aromatic heterocycles. The van der Waals surface area contributed by atoms with Crippen LogP contribution in [0.5, 0.6) is 0 Å². The van der Waals surface area contributed by atoms with Gasteiger partial charge in [0.05, 0.1) is 5.75 Å². The van der Waals surface area contributed by atoms with E-state index in [9.17, 15) is 13.2 Å². The van der Waals surface area contributed by atoms with Crippen molar-refractivity contribution in [1.82, 2.24) is 5.32 Å². The molecule has 1 aliphatic rings. The number of carbonyl (C=O) groups excluding carboxylic acids is 1. The van der Waals surface area contributed by atoms with Crippen LogP contribution < -0.4 is 10.5 Å². The fraction of sp³-hybridized carbons (Fsp3) is 0.381. The molecule has 3 rings (SSSR count). The van der Waals surface area contributed by atoms with E-state index in [1.807, 2.05) is 12.1 Å². The van der Waals surface area contributed by atoms with E-state index in [2.05, 4.69) is 17.4 Å². The van der Waals surface area contributed by atoms with Crippen LogP contribution in [-0.4, -0.2) is 14.3 Å². The van der Waals surface area contributed by atoms with E-state index in [0.29, 0.717) is 23.6 Å². The number of hydrogen-bond donors (Lipinski definition) is 2. The third-order valence-corrected chi connectivity index (χ3v) is 5.83. The Labute approximate surface area is 161 Å². The molecule has 1 aliphatic carbocycles. The van der Waals surface area contributed by atoms with Gasteiger partial charge < -0.3 is 5.32 Å². The average Bonchev–Trinajstić information content (AvgIpc) is 2.67. The maximum atomic E-state index is 12.4. The van der Waals surface area contributed by atoms with Crippen LogP contribution in [0.25, 0.3) is 0 Å². The minimum Gasteiger partial charge on any atom is -0.348 e. The molecule has 6 heteroatoms. The highest BCUT2D eigenvalue weighted by atomic mass is 32.2. The number of amides is 1. The average molecular weight is 387 g/mol. The molecule has 5 nitrogen and oxygen atoms in total. The summed E-state index contributed by atoms with van der Waals surface area (Å²) >= 11 is 0. The van der Waals surface area contributed by atoms with Gasteiger partial charge in [0.2, 0.25) is 10.0 Å². The van der Waals surface area contributed by atoms with Crippen molar-refractivity contribution in [3.05, 3.63) is 70.8 Å². The lowest BCUT2D eigenvalue weighted by atomic mass is 9.84. The SMILES string of the molecule is NS(=O)(=O)Cc1ccc(CNC(=O)c2ccc(C3CCCCC3)cc2)cc1. The summed E-state index contributed by atoms with van der Waals surface area (Å²) in [7, 11) is -3.53. The molecule has 2 aromatic carbocycles. The van der Waals surface area contributed by atoms with Crippen LogP contribution in [0.1, 0.15) is 65.1 Å². The first-order chi connectivity index (χ1) is 12.9. The van der Waals surface area contributed by atoms with E-state index >= 15 is 0 Å². The quantitative estimate of drug-likeness (QED) is 0.797. The molecule has 1 amide bonds. The molecule has 2 aromatic rings. The first kappa shape index (κ1) is 19.6. The van der Waals surface area contributed by atoms with Gasteiger partial charge in [-0.05, 0) is 47.6 Å². The second-order valence-electron chi connectivity index (χ2n) is 7.26. The van der Waals surface area contributed by atoms with Gasteiger partial charge >= 0.3 is 0 Å². The molecule has 0 spiro atoms. The van der Waals surface area contributed by atoms with Crippen molar-refractivity contribution in [2.75, 3.05) is 0 Å². The Kier molecular flexibility index (Phi) is 6.29. The maximum absolute atomic E-state index is 12.4. The van der Waals surface area contributed by atoms with Gasteiger partial charge in [-0.15, -0.1) is 0 Å². The summed E-state index contributed by atoms with van der Waals surface area (Å²) in [6.07, 6.45) is 6.41. The van der Waals surface area contributed by atoms with Crippen LogP contribution in [0.3, 0.4) is 0 Å². The fourth-order valence-corrected chi connectivity index (χ4v) is 4.27. The second kappa shape index (κ2) is 8.67. The molecule has 0 atom stereocenters. The Morgan fingerprint density at radius 1 is 0.926 bits per heavy atom. The summed E-state index contributed by atoms with van der Waals surface area (Å²) < 4.78 is 22.2. The molecular formula is C21H26N2O3S. The zero-order chi connectivity index (χ0) is 19.3. The number of benzene rings is 2. The van der Waals surface area contributed by atoms with Crippen molar-refractivity contribution in [2.45, 2.75) is 50.3 Å². The van der Waals surface area contributed by atoms with E-state index < -0.39 is 10.0 Å². The molecule has 0 radical (unpaired) electrons. The first-order valence-electron chi connectivity index (χ1n) is 9.37. The van der Waals surface area contributed by atoms with E-state index in [0.717, 1.165) is 5.56 Å². The molecule has 1 saturated carbocycles. The summed E-state index contributed by atoms with van der Waals surface area (Å²) in [6, 6.07) is 15.0. The number of rotatable bonds is 6. The van der Waals surface area contributed by atoms with Crippen molar-refractivity contribution in [3.63, 3.8) is 0 Å². The molecule has 0 saturated heterocycles. The topological polar surface area (TPSA) is 89.3 Å². The van der Waals surface area contributed by atoms with Crippen molar-refractivity contribution in [1.29, 1.82) is 0 Å². The van der Waals surface area contributed by atoms with Crippen molar-refractivity contribution in [3.8, 4) is 0 Å². The smallest absolute Gasteiger partial charge is 0.251 e. The minimum atomic E-state index is -3.53. The molecule has 1 fully saturated rings. The molecule has 144 valence electrons. The maximum Gasteiger partial charge on any atom is 0.251 e. The van der Waals surface area contributed by atoms with Gasteiger partial charge in [-0.1, -0.05) is 55.7 Å². The molecule has 0 aliphatic heterocycles. The Balaban J connectivity index is 1.54. The summed E-state index contributed by atoms with van der Waals surface area (Å²) in [5, 5.41) is 7.94. The van der Waals surface area contributed by atoms with Gasteiger partial charge in [0.15, 0.2) is 0 Å². The molecule has 0 bridgehead atoms. The molecular weight excluding hydrogens is 360 g/mol. The van der Waals surface area contributed by atoms with E-state index in [-0.39, 0.29) is 11.7 Å². The van der Waals surface area contributed by atoms with E-state index in [1.54, 1.807) is 24.3 Å². The third kappa shape index (κ3) is 5.91. The standard InChI is InChI=1S/C21H26N2O3S/c22-27(25,26)15-17-8-6-16(7-9-17)14-23-21(24)20-12-10-19(11-13-20)18-4-2-1-3-5-18/h6-13,18H,1-5,14-15H2,(H,23,24)(H2,22,25,26). The van der Waals surface area contributed by atoms with Crippen LogP contribution in [0.2, 0.25) is 0 Å². The predicted molar refractivity (Wildman–Crippen MR) is 107 cm³/mol. The van der Waals surface area contributed by atoms with Gasteiger partial charge in [0, 0.05) is 12.1 Å². The number of primary sulfonamides is 1. The van der Waals surface area contributed by atoms with Crippen LogP contribution in [0.4, 0.5) is 0 Å². The highest BCUT2D eigenvalue weighted by Gasteiger charge is 2.16. The summed E-state index contributed by atoms with van der Waals surface area (Å²) in [6.45, 7) is 0.388. The zero-order valence-electron chi connectivity index (χ0n) is 15.4. The largest absolute Gasteiger partial charge is 0.348 e. The lowest BCUT2D eigenvalue weighted by molar-refractivity contribution is 0.0951. The summed E-state index contributed by atoms with van der Waals surface area (Å²) in [4.78, 5) is 12.4. The van der Waals surface area contributed by atoms with Gasteiger partial charge in [0.25, 0.3) is 5.91 Å². The van der Waals surface area contributed by atoms with Crippen LogP contribution in [-0.2, 0) is 22.3 Å². The number of hydrogen-bond acceptors (Lipinski definition) is 3. The molecule has 3 N–H and O–H groups in total. The lowest BCUT2D eigenvalue weighted by Gasteiger charge is -2.22. The molecule has 0 heterocycles. The Morgan fingerprint density at radius 3 is 2.11 bits per heavy atom. The zero-order valence-corrected chi connectivity index (χ0v) is 16.2. The van der Waals surface area contributed by atoms with Crippen LogP contribution in [0, 0.1) is 0 Å². The normalized spacial score (nSPS) is 15.4. The third-order valence-electron chi connectivity index (χ3n) is 5.09. The van der Waals surface area contributed by atoms with E-state index in [1.165, 1.54) is 37.7 Å². The number of nitrogens with one attached hydrogen (secondary N) is 1. The monoisotopic (exact) mass is 386 g/mol. The lowest BCUT2D eigenvalue weighted by Crippen LogP contribution is -2.22. The second-order valence-corrected chi connectivity index (χ2v) is 8.88. The molecule has 27 heavy (non-hydrogen) atoms. The van der Waals surface area contributed by atoms with Gasteiger partial charge in [-0.2, -0.15) is 0 Å². The van der Waals surface area contributed by atoms with Gasteiger partial charge in [-0.3, -0.25) is 4.79 Å². The van der Waals surface area contributed by atoms with E-state index in [4.69, 9.17) is 5.14 Å².